The number of carbonyl (C=O) groups excluding carboxylic acids is 2. The molecule has 21 heavy (non-hydrogen) atoms. The van der Waals surface area contributed by atoms with Gasteiger partial charge in [0.15, 0.2) is 0 Å². The third-order valence-electron chi connectivity index (χ3n) is 2.63. The Morgan fingerprint density at radius 3 is 2.76 bits per heavy atom. The van der Waals surface area contributed by atoms with Crippen molar-refractivity contribution in [1.29, 1.82) is 0 Å². The number of nitrogens with one attached hydrogen (secondary N) is 2. The highest BCUT2D eigenvalue weighted by atomic mass is 16.5. The average Bonchev–Trinajstić information content (AvgIpc) is 2.48. The number of hydrogen-bond acceptors (Lipinski definition) is 7. The van der Waals surface area contributed by atoms with Crippen LogP contribution >= 0.6 is 0 Å². The number of ether oxygens (including phenoxy) is 2. The topological polar surface area (TPSA) is 116 Å². The molecule has 0 aliphatic rings. The third-order valence-corrected chi connectivity index (χ3v) is 2.63. The monoisotopic (exact) mass is 296 g/mol. The molecule has 0 saturated carbocycles. The van der Waals surface area contributed by atoms with Gasteiger partial charge in [-0.05, 0) is 6.07 Å². The van der Waals surface area contributed by atoms with Crippen LogP contribution in [0.2, 0.25) is 0 Å². The summed E-state index contributed by atoms with van der Waals surface area (Å²) < 4.78 is 9.45. The number of rotatable bonds is 8. The van der Waals surface area contributed by atoms with Gasteiger partial charge in [-0.25, -0.2) is 9.78 Å². The van der Waals surface area contributed by atoms with E-state index in [1.165, 1.54) is 19.4 Å². The first-order chi connectivity index (χ1) is 10.1. The molecule has 0 atom stereocenters. The number of nitrogens with two attached hydrogens (primary N) is 1. The highest BCUT2D eigenvalue weighted by Crippen LogP contribution is 2.15. The Morgan fingerprint density at radius 1 is 1.33 bits per heavy atom. The lowest BCUT2D eigenvalue weighted by Crippen LogP contribution is -2.28. The predicted octanol–water partition coefficient (Wildman–Crippen LogP) is 0.0150. The van der Waals surface area contributed by atoms with E-state index in [-0.39, 0.29) is 23.6 Å². The van der Waals surface area contributed by atoms with Crippen LogP contribution in [0.3, 0.4) is 0 Å². The summed E-state index contributed by atoms with van der Waals surface area (Å²) >= 11 is 0. The summed E-state index contributed by atoms with van der Waals surface area (Å²) in [5, 5.41) is 5.65. The molecule has 0 radical (unpaired) electrons. The van der Waals surface area contributed by atoms with E-state index in [2.05, 4.69) is 20.4 Å². The zero-order chi connectivity index (χ0) is 15.7. The molecule has 0 spiro atoms. The molecule has 116 valence electrons. The van der Waals surface area contributed by atoms with Gasteiger partial charge in [-0.2, -0.15) is 0 Å². The minimum Gasteiger partial charge on any atom is -0.465 e. The molecule has 0 aliphatic carbocycles. The molecule has 0 aromatic carbocycles. The molecular weight excluding hydrogens is 276 g/mol. The molecule has 1 rings (SSSR count). The SMILES string of the molecule is COCCNC(=O)CCNc1cc(C(=O)OC)c(N)cn1. The van der Waals surface area contributed by atoms with E-state index in [0.717, 1.165) is 0 Å². The second-order valence-corrected chi connectivity index (χ2v) is 4.17. The molecule has 1 aromatic heterocycles. The van der Waals surface area contributed by atoms with Crippen LogP contribution in [-0.4, -0.2) is 50.8 Å². The third kappa shape index (κ3) is 5.65. The number of amides is 1. The molecule has 0 aliphatic heterocycles. The molecule has 0 unspecified atom stereocenters. The van der Waals surface area contributed by atoms with E-state index in [0.29, 0.717) is 25.5 Å². The fourth-order valence-corrected chi connectivity index (χ4v) is 1.53. The van der Waals surface area contributed by atoms with Gasteiger partial charge in [-0.15, -0.1) is 0 Å². The number of nitrogen functional groups attached to an aromatic ring is 1. The molecule has 0 fully saturated rings. The second kappa shape index (κ2) is 8.75. The maximum atomic E-state index is 11.5. The van der Waals surface area contributed by atoms with Gasteiger partial charge in [0.25, 0.3) is 0 Å². The van der Waals surface area contributed by atoms with E-state index in [4.69, 9.17) is 10.5 Å². The van der Waals surface area contributed by atoms with E-state index in [1.54, 1.807) is 7.11 Å². The first kappa shape index (κ1) is 16.7. The van der Waals surface area contributed by atoms with Crippen molar-refractivity contribution in [3.05, 3.63) is 17.8 Å². The largest absolute Gasteiger partial charge is 0.465 e. The normalized spacial score (nSPS) is 10.0. The first-order valence-corrected chi connectivity index (χ1v) is 6.41. The molecule has 0 saturated heterocycles. The number of carbonyl (C=O) groups is 2. The summed E-state index contributed by atoms with van der Waals surface area (Å²) in [5.74, 6) is -0.173. The lowest BCUT2D eigenvalue weighted by Gasteiger charge is -2.09. The summed E-state index contributed by atoms with van der Waals surface area (Å²) in [6.45, 7) is 1.33. The summed E-state index contributed by atoms with van der Waals surface area (Å²) in [6.07, 6.45) is 1.65. The van der Waals surface area contributed by atoms with E-state index >= 15 is 0 Å². The van der Waals surface area contributed by atoms with Gasteiger partial charge in [0.1, 0.15) is 5.82 Å². The van der Waals surface area contributed by atoms with Gasteiger partial charge in [0.2, 0.25) is 5.91 Å². The van der Waals surface area contributed by atoms with Crippen LogP contribution in [0.25, 0.3) is 0 Å². The smallest absolute Gasteiger partial charge is 0.340 e. The molecule has 8 nitrogen and oxygen atoms in total. The number of aromatic nitrogens is 1. The van der Waals surface area contributed by atoms with Gasteiger partial charge >= 0.3 is 5.97 Å². The van der Waals surface area contributed by atoms with Crippen LogP contribution in [0.5, 0.6) is 0 Å². The van der Waals surface area contributed by atoms with Crippen LogP contribution < -0.4 is 16.4 Å². The van der Waals surface area contributed by atoms with Crippen LogP contribution in [0, 0.1) is 0 Å². The van der Waals surface area contributed by atoms with Gasteiger partial charge in [-0.3, -0.25) is 4.79 Å². The van der Waals surface area contributed by atoms with Crippen LogP contribution in [-0.2, 0) is 14.3 Å². The average molecular weight is 296 g/mol. The maximum absolute atomic E-state index is 11.5. The zero-order valence-electron chi connectivity index (χ0n) is 12.1. The molecule has 8 heteroatoms. The summed E-state index contributed by atoms with van der Waals surface area (Å²) in [6, 6.07) is 1.49. The number of methoxy groups -OCH3 is 2. The molecular formula is C13H20N4O4. The highest BCUT2D eigenvalue weighted by Gasteiger charge is 2.11. The van der Waals surface area contributed by atoms with Crippen molar-refractivity contribution in [2.24, 2.45) is 0 Å². The lowest BCUT2D eigenvalue weighted by molar-refractivity contribution is -0.121. The fourth-order valence-electron chi connectivity index (χ4n) is 1.53. The zero-order valence-corrected chi connectivity index (χ0v) is 12.1. The first-order valence-electron chi connectivity index (χ1n) is 6.41. The minimum absolute atomic E-state index is 0.0943. The molecule has 1 amide bonds. The number of nitrogens with zero attached hydrogens (tertiary/aromatic N) is 1. The van der Waals surface area contributed by atoms with Crippen molar-refractivity contribution in [2.45, 2.75) is 6.42 Å². The molecule has 1 aromatic rings. The molecule has 0 bridgehead atoms. The molecule has 4 N–H and O–H groups in total. The maximum Gasteiger partial charge on any atom is 0.340 e. The minimum atomic E-state index is -0.532. The molecule has 1 heterocycles. The second-order valence-electron chi connectivity index (χ2n) is 4.17. The van der Waals surface area contributed by atoms with Crippen molar-refractivity contribution in [1.82, 2.24) is 10.3 Å². The summed E-state index contributed by atoms with van der Waals surface area (Å²) in [7, 11) is 2.85. The van der Waals surface area contributed by atoms with E-state index in [1.807, 2.05) is 0 Å². The quantitative estimate of drug-likeness (QED) is 0.457. The van der Waals surface area contributed by atoms with Crippen molar-refractivity contribution in [2.75, 3.05) is 45.0 Å². The number of hydrogen-bond donors (Lipinski definition) is 3. The Morgan fingerprint density at radius 2 is 2.10 bits per heavy atom. The van der Waals surface area contributed by atoms with E-state index < -0.39 is 5.97 Å². The van der Waals surface area contributed by atoms with Crippen LogP contribution in [0.15, 0.2) is 12.3 Å². The predicted molar refractivity (Wildman–Crippen MR) is 78.0 cm³/mol. The Hall–Kier alpha value is -2.35. The Labute approximate surface area is 123 Å². The Balaban J connectivity index is 2.45. The fraction of sp³-hybridized carbons (Fsp3) is 0.462. The Kier molecular flexibility index (Phi) is 6.96. The van der Waals surface area contributed by atoms with Crippen LogP contribution in [0.1, 0.15) is 16.8 Å². The number of pyridine rings is 1. The number of anilines is 2. The van der Waals surface area contributed by atoms with Crippen molar-refractivity contribution in [3.63, 3.8) is 0 Å². The van der Waals surface area contributed by atoms with Gasteiger partial charge in [0.05, 0.1) is 31.2 Å². The van der Waals surface area contributed by atoms with Crippen molar-refractivity contribution in [3.8, 4) is 0 Å². The van der Waals surface area contributed by atoms with Crippen molar-refractivity contribution >= 4 is 23.4 Å². The van der Waals surface area contributed by atoms with E-state index in [9.17, 15) is 9.59 Å². The lowest BCUT2D eigenvalue weighted by atomic mass is 10.2. The standard InChI is InChI=1S/C13H20N4O4/c1-20-6-5-16-12(18)3-4-15-11-7-9(13(19)21-2)10(14)8-17-11/h7-8H,3-6,14H2,1-2H3,(H,15,17)(H,16,18). The van der Waals surface area contributed by atoms with Gasteiger partial charge in [-0.1, -0.05) is 0 Å². The number of esters is 1. The van der Waals surface area contributed by atoms with Gasteiger partial charge in [0, 0.05) is 26.6 Å². The van der Waals surface area contributed by atoms with Crippen molar-refractivity contribution < 1.29 is 19.1 Å². The summed E-state index contributed by atoms with van der Waals surface area (Å²) in [5.41, 5.74) is 6.12. The van der Waals surface area contributed by atoms with Gasteiger partial charge < -0.3 is 25.8 Å². The Bertz CT molecular complexity index is 493. The summed E-state index contributed by atoms with van der Waals surface area (Å²) in [4.78, 5) is 27.0. The van der Waals surface area contributed by atoms with Crippen LogP contribution in [0.4, 0.5) is 11.5 Å². The highest BCUT2D eigenvalue weighted by molar-refractivity contribution is 5.95.